The molecule has 1 aliphatic carbocycles. The summed E-state index contributed by atoms with van der Waals surface area (Å²) in [6.07, 6.45) is 3.86. The fourth-order valence-electron chi connectivity index (χ4n) is 2.81. The number of ketones is 1. The van der Waals surface area contributed by atoms with Crippen LogP contribution < -0.4 is 5.73 Å². The van der Waals surface area contributed by atoms with Crippen molar-refractivity contribution < 1.29 is 14.3 Å². The van der Waals surface area contributed by atoms with Crippen LogP contribution in [0, 0.1) is 0 Å². The molecule has 130 valence electrons. The molecule has 0 bridgehead atoms. The van der Waals surface area contributed by atoms with Crippen LogP contribution in [0.25, 0.3) is 0 Å². The zero-order valence-electron chi connectivity index (χ0n) is 14.0. The number of amides is 1. The number of rotatable bonds is 5. The van der Waals surface area contributed by atoms with E-state index in [4.69, 9.17) is 10.5 Å². The molecule has 1 aromatic carbocycles. The van der Waals surface area contributed by atoms with E-state index < -0.39 is 6.09 Å². The topological polar surface area (TPSA) is 72.6 Å². The van der Waals surface area contributed by atoms with Crippen LogP contribution in [0.4, 0.5) is 4.79 Å². The first-order valence-electron chi connectivity index (χ1n) is 8.05. The third-order valence-electron chi connectivity index (χ3n) is 4.36. The summed E-state index contributed by atoms with van der Waals surface area (Å²) >= 11 is 3.34. The predicted octanol–water partition coefficient (Wildman–Crippen LogP) is 3.88. The van der Waals surface area contributed by atoms with Crippen LogP contribution in [0.5, 0.6) is 0 Å². The molecular weight excluding hydrogens is 372 g/mol. The predicted molar refractivity (Wildman–Crippen MR) is 96.7 cm³/mol. The van der Waals surface area contributed by atoms with E-state index in [9.17, 15) is 9.59 Å². The Balaban J connectivity index is 2.01. The highest BCUT2D eigenvalue weighted by Crippen LogP contribution is 2.23. The molecule has 1 aromatic rings. The van der Waals surface area contributed by atoms with E-state index in [1.165, 1.54) is 0 Å². The highest BCUT2D eigenvalue weighted by atomic mass is 79.9. The van der Waals surface area contributed by atoms with Crippen LogP contribution in [-0.2, 0) is 4.74 Å². The molecule has 0 unspecified atom stereocenters. The zero-order valence-corrected chi connectivity index (χ0v) is 15.6. The van der Waals surface area contributed by atoms with E-state index in [0.29, 0.717) is 16.8 Å². The molecule has 0 aromatic heterocycles. The van der Waals surface area contributed by atoms with Gasteiger partial charge in [-0.05, 0) is 44.0 Å². The Morgan fingerprint density at radius 2 is 1.83 bits per heavy atom. The summed E-state index contributed by atoms with van der Waals surface area (Å²) in [6, 6.07) is 7.22. The van der Waals surface area contributed by atoms with Gasteiger partial charge in [0.25, 0.3) is 0 Å². The first-order valence-corrected chi connectivity index (χ1v) is 8.84. The first kappa shape index (κ1) is 18.5. The van der Waals surface area contributed by atoms with E-state index in [-0.39, 0.29) is 18.4 Å². The summed E-state index contributed by atoms with van der Waals surface area (Å²) in [6.45, 7) is 1.52. The van der Waals surface area contributed by atoms with Crippen LogP contribution in [0.2, 0.25) is 0 Å². The van der Waals surface area contributed by atoms with Gasteiger partial charge < -0.3 is 15.4 Å². The van der Waals surface area contributed by atoms with E-state index >= 15 is 0 Å². The summed E-state index contributed by atoms with van der Waals surface area (Å²) < 4.78 is 6.21. The molecule has 24 heavy (non-hydrogen) atoms. The Morgan fingerprint density at radius 1 is 1.25 bits per heavy atom. The second-order valence-electron chi connectivity index (χ2n) is 6.10. The lowest BCUT2D eigenvalue weighted by Gasteiger charge is -2.23. The standard InChI is InChI=1S/C18H23BrN2O3/c1-12(20)16(17(22)13-7-9-14(19)10-8-13)11-24-18(23)21(2)15-5-3-4-6-15/h7-10,15H,3-6,11,20H2,1-2H3/b16-12-. The minimum atomic E-state index is -0.413. The monoisotopic (exact) mass is 394 g/mol. The summed E-state index contributed by atoms with van der Waals surface area (Å²) in [7, 11) is 1.74. The zero-order chi connectivity index (χ0) is 17.7. The van der Waals surface area contributed by atoms with Crippen molar-refractivity contribution in [3.63, 3.8) is 0 Å². The van der Waals surface area contributed by atoms with Gasteiger partial charge in [0.1, 0.15) is 6.61 Å². The second-order valence-corrected chi connectivity index (χ2v) is 7.02. The Labute approximate surface area is 151 Å². The maximum absolute atomic E-state index is 12.6. The number of benzene rings is 1. The fraction of sp³-hybridized carbons (Fsp3) is 0.444. The van der Waals surface area contributed by atoms with Gasteiger partial charge in [0.2, 0.25) is 0 Å². The van der Waals surface area contributed by atoms with Gasteiger partial charge in [-0.1, -0.05) is 28.8 Å². The number of hydrogen-bond donors (Lipinski definition) is 1. The molecule has 1 saturated carbocycles. The van der Waals surface area contributed by atoms with Crippen molar-refractivity contribution in [3.05, 3.63) is 45.6 Å². The second kappa shape index (κ2) is 8.33. The lowest BCUT2D eigenvalue weighted by molar-refractivity contribution is 0.0943. The molecule has 6 heteroatoms. The lowest BCUT2D eigenvalue weighted by atomic mass is 10.0. The molecule has 0 aliphatic heterocycles. The summed E-state index contributed by atoms with van der Waals surface area (Å²) in [5, 5.41) is 0. The fourth-order valence-corrected chi connectivity index (χ4v) is 3.07. The Bertz CT molecular complexity index is 630. The Hall–Kier alpha value is -1.82. The quantitative estimate of drug-likeness (QED) is 0.607. The molecule has 2 N–H and O–H groups in total. The summed E-state index contributed by atoms with van der Waals surface area (Å²) in [4.78, 5) is 26.4. The normalized spacial score (nSPS) is 15.8. The molecular formula is C18H23BrN2O3. The Morgan fingerprint density at radius 3 is 2.38 bits per heavy atom. The van der Waals surface area contributed by atoms with Crippen LogP contribution in [0.15, 0.2) is 40.0 Å². The van der Waals surface area contributed by atoms with Gasteiger partial charge in [0.05, 0.1) is 5.57 Å². The third kappa shape index (κ3) is 4.60. The molecule has 1 fully saturated rings. The number of hydrogen-bond acceptors (Lipinski definition) is 4. The van der Waals surface area contributed by atoms with E-state index in [1.807, 2.05) is 0 Å². The molecule has 0 spiro atoms. The first-order chi connectivity index (χ1) is 11.4. The van der Waals surface area contributed by atoms with Gasteiger partial charge >= 0.3 is 6.09 Å². The van der Waals surface area contributed by atoms with Gasteiger partial charge in [-0.25, -0.2) is 4.79 Å². The van der Waals surface area contributed by atoms with Gasteiger partial charge in [-0.3, -0.25) is 4.79 Å². The van der Waals surface area contributed by atoms with Gasteiger partial charge in [0, 0.05) is 28.8 Å². The number of halogens is 1. The molecule has 0 saturated heterocycles. The van der Waals surface area contributed by atoms with Crippen LogP contribution >= 0.6 is 15.9 Å². The molecule has 2 rings (SSSR count). The lowest BCUT2D eigenvalue weighted by Crippen LogP contribution is -2.36. The van der Waals surface area contributed by atoms with Crippen molar-refractivity contribution in [1.29, 1.82) is 0 Å². The average Bonchev–Trinajstić information content (AvgIpc) is 3.08. The molecule has 1 aliphatic rings. The molecule has 5 nitrogen and oxygen atoms in total. The van der Waals surface area contributed by atoms with Gasteiger partial charge in [-0.15, -0.1) is 0 Å². The van der Waals surface area contributed by atoms with Crippen molar-refractivity contribution in [3.8, 4) is 0 Å². The summed E-state index contributed by atoms with van der Waals surface area (Å²) in [5.74, 6) is -0.223. The number of Topliss-reactive ketones (excluding diaryl/α,β-unsaturated/α-hetero) is 1. The van der Waals surface area contributed by atoms with E-state index in [2.05, 4.69) is 15.9 Å². The molecule has 0 radical (unpaired) electrons. The van der Waals surface area contributed by atoms with Crippen molar-refractivity contribution in [1.82, 2.24) is 4.90 Å². The highest BCUT2D eigenvalue weighted by molar-refractivity contribution is 9.10. The smallest absolute Gasteiger partial charge is 0.410 e. The minimum absolute atomic E-state index is 0.118. The summed E-state index contributed by atoms with van der Waals surface area (Å²) in [5.41, 5.74) is 7.02. The Kier molecular flexibility index (Phi) is 6.43. The van der Waals surface area contributed by atoms with Crippen LogP contribution in [0.1, 0.15) is 43.0 Å². The number of ether oxygens (including phenoxy) is 1. The molecule has 0 heterocycles. The largest absolute Gasteiger partial charge is 0.444 e. The maximum Gasteiger partial charge on any atom is 0.410 e. The molecule has 1 amide bonds. The SMILES string of the molecule is C/C(N)=C(\COC(=O)N(C)C1CCCC1)C(=O)c1ccc(Br)cc1. The number of nitrogens with two attached hydrogens (primary N) is 1. The number of carbonyl (C=O) groups excluding carboxylic acids is 2. The number of nitrogens with zero attached hydrogens (tertiary/aromatic N) is 1. The number of allylic oxidation sites excluding steroid dienone is 1. The van der Waals surface area contributed by atoms with Gasteiger partial charge in [0.15, 0.2) is 5.78 Å². The molecule has 0 atom stereocenters. The maximum atomic E-state index is 12.6. The third-order valence-corrected chi connectivity index (χ3v) is 4.89. The minimum Gasteiger partial charge on any atom is -0.444 e. The number of carbonyl (C=O) groups is 2. The average molecular weight is 395 g/mol. The van der Waals surface area contributed by atoms with E-state index in [0.717, 1.165) is 30.2 Å². The van der Waals surface area contributed by atoms with Crippen molar-refractivity contribution in [2.45, 2.75) is 38.6 Å². The highest BCUT2D eigenvalue weighted by Gasteiger charge is 2.25. The van der Waals surface area contributed by atoms with E-state index in [1.54, 1.807) is 43.1 Å². The van der Waals surface area contributed by atoms with Crippen molar-refractivity contribution in [2.75, 3.05) is 13.7 Å². The van der Waals surface area contributed by atoms with Crippen LogP contribution in [0.3, 0.4) is 0 Å². The van der Waals surface area contributed by atoms with Gasteiger partial charge in [-0.2, -0.15) is 0 Å². The van der Waals surface area contributed by atoms with Crippen molar-refractivity contribution in [2.24, 2.45) is 5.73 Å². The van der Waals surface area contributed by atoms with Crippen molar-refractivity contribution >= 4 is 27.8 Å². The van der Waals surface area contributed by atoms with Crippen LogP contribution in [-0.4, -0.2) is 36.5 Å².